The predicted molar refractivity (Wildman–Crippen MR) is 32.6 cm³/mol. The van der Waals surface area contributed by atoms with Gasteiger partial charge in [0, 0.05) is 0 Å². The highest BCUT2D eigenvalue weighted by atomic mass is 32.3. The Balaban J connectivity index is 2.54. The van der Waals surface area contributed by atoms with E-state index in [0.29, 0.717) is 0 Å². The zero-order valence-electron chi connectivity index (χ0n) is 3.73. The summed E-state index contributed by atoms with van der Waals surface area (Å²) in [7, 11) is 0.0432. The topological polar surface area (TPSA) is 0 Å². The fourth-order valence-corrected chi connectivity index (χ4v) is 0. The van der Waals surface area contributed by atoms with Gasteiger partial charge in [-0.1, -0.05) is 13.8 Å². The van der Waals surface area contributed by atoms with Crippen molar-refractivity contribution in [3.8, 4) is 0 Å². The third-order valence-electron chi connectivity index (χ3n) is 0.365. The molecule has 0 aromatic rings. The minimum atomic E-state index is 0.0432. The number of hydrogen-bond acceptors (Lipinski definition) is 1. The molecule has 0 aliphatic carbocycles. The smallest absolute Gasteiger partial charge is 0.0838 e. The van der Waals surface area contributed by atoms with Crippen LogP contribution in [-0.4, -0.2) is 8.67 Å². The number of rotatable bonds is 1. The Morgan fingerprint density at radius 3 is 1.80 bits per heavy atom. The van der Waals surface area contributed by atoms with E-state index in [0.717, 1.165) is 5.54 Å². The highest BCUT2D eigenvalue weighted by Crippen LogP contribution is 1.96. The van der Waals surface area contributed by atoms with Crippen molar-refractivity contribution in [1.29, 1.82) is 0 Å². The zero-order valence-corrected chi connectivity index (χ0v) is 6.04. The van der Waals surface area contributed by atoms with Crippen LogP contribution in [0.1, 0.15) is 13.8 Å². The Labute approximate surface area is 40.8 Å². The molecular formula is C3H10SSi. The van der Waals surface area contributed by atoms with Crippen molar-refractivity contribution in [2.24, 2.45) is 0 Å². The second-order valence-corrected chi connectivity index (χ2v) is 4.67. The summed E-state index contributed by atoms with van der Waals surface area (Å²) >= 11 is 4.15. The fourth-order valence-electron chi connectivity index (χ4n) is 0. The van der Waals surface area contributed by atoms with E-state index < -0.39 is 0 Å². The lowest BCUT2D eigenvalue weighted by Crippen LogP contribution is -1.80. The van der Waals surface area contributed by atoms with E-state index in [1.54, 1.807) is 0 Å². The van der Waals surface area contributed by atoms with Crippen molar-refractivity contribution < 1.29 is 0 Å². The summed E-state index contributed by atoms with van der Waals surface area (Å²) in [6.07, 6.45) is 0. The minimum Gasteiger partial charge on any atom is -0.210 e. The molecule has 0 saturated carbocycles. The van der Waals surface area contributed by atoms with E-state index in [9.17, 15) is 0 Å². The molecule has 0 heterocycles. The van der Waals surface area contributed by atoms with Crippen molar-refractivity contribution in [3.05, 3.63) is 0 Å². The Kier molecular flexibility index (Phi) is 3.10. The Hall–Kier alpha value is 0.567. The van der Waals surface area contributed by atoms with Gasteiger partial charge < -0.3 is 0 Å². The quantitative estimate of drug-likeness (QED) is 0.371. The maximum atomic E-state index is 4.15. The average molecular weight is 106 g/mol. The number of thiol groups is 1. The second-order valence-electron chi connectivity index (χ2n) is 1.58. The van der Waals surface area contributed by atoms with Gasteiger partial charge in [-0.05, 0) is 5.54 Å². The van der Waals surface area contributed by atoms with E-state index in [-0.39, 0.29) is 8.67 Å². The molecule has 0 bridgehead atoms. The lowest BCUT2D eigenvalue weighted by atomic mass is 10.6. The largest absolute Gasteiger partial charge is 0.210 e. The van der Waals surface area contributed by atoms with Gasteiger partial charge in [-0.2, -0.15) is 0 Å². The maximum Gasteiger partial charge on any atom is 0.0838 e. The summed E-state index contributed by atoms with van der Waals surface area (Å²) in [6, 6.07) is 0. The van der Waals surface area contributed by atoms with Crippen LogP contribution in [0.15, 0.2) is 0 Å². The maximum absolute atomic E-state index is 4.15. The van der Waals surface area contributed by atoms with Crippen LogP contribution in [-0.2, 0) is 0 Å². The van der Waals surface area contributed by atoms with Crippen LogP contribution in [0.4, 0.5) is 0 Å². The predicted octanol–water partition coefficient (Wildman–Crippen LogP) is 0.828. The first-order valence-electron chi connectivity index (χ1n) is 1.88. The van der Waals surface area contributed by atoms with Crippen LogP contribution in [0.2, 0.25) is 5.54 Å². The first-order chi connectivity index (χ1) is 2.27. The van der Waals surface area contributed by atoms with Gasteiger partial charge >= 0.3 is 0 Å². The van der Waals surface area contributed by atoms with Crippen LogP contribution in [0.25, 0.3) is 0 Å². The monoisotopic (exact) mass is 106 g/mol. The van der Waals surface area contributed by atoms with E-state index in [4.69, 9.17) is 0 Å². The molecule has 5 heavy (non-hydrogen) atoms. The van der Waals surface area contributed by atoms with E-state index in [1.165, 1.54) is 0 Å². The van der Waals surface area contributed by atoms with Crippen LogP contribution in [0, 0.1) is 0 Å². The summed E-state index contributed by atoms with van der Waals surface area (Å²) in [5.74, 6) is 0. The molecule has 0 nitrogen and oxygen atoms in total. The minimum absolute atomic E-state index is 0.0432. The lowest BCUT2D eigenvalue weighted by molar-refractivity contribution is 1.07. The summed E-state index contributed by atoms with van der Waals surface area (Å²) in [6.45, 7) is 4.42. The van der Waals surface area contributed by atoms with Crippen LogP contribution < -0.4 is 0 Å². The Bertz CT molecular complexity index is 20.9. The van der Waals surface area contributed by atoms with Gasteiger partial charge in [0.05, 0.1) is 8.67 Å². The summed E-state index contributed by atoms with van der Waals surface area (Å²) in [4.78, 5) is 0. The van der Waals surface area contributed by atoms with Crippen molar-refractivity contribution in [1.82, 2.24) is 0 Å². The molecule has 0 amide bonds. The molecule has 0 fully saturated rings. The molecule has 0 aliphatic rings. The number of hydrogen-bond donors (Lipinski definition) is 1. The second kappa shape index (κ2) is 2.79. The molecule has 0 aromatic carbocycles. The van der Waals surface area contributed by atoms with Gasteiger partial charge in [-0.15, -0.1) is 0 Å². The third kappa shape index (κ3) is 4.57. The Morgan fingerprint density at radius 2 is 1.80 bits per heavy atom. The van der Waals surface area contributed by atoms with Crippen molar-refractivity contribution >= 4 is 20.7 Å². The molecular weight excluding hydrogens is 96.2 g/mol. The zero-order chi connectivity index (χ0) is 4.28. The molecule has 32 valence electrons. The molecule has 0 unspecified atom stereocenters. The summed E-state index contributed by atoms with van der Waals surface area (Å²) < 4.78 is 0. The van der Waals surface area contributed by atoms with Crippen molar-refractivity contribution in [2.45, 2.75) is 19.4 Å². The van der Waals surface area contributed by atoms with Gasteiger partial charge in [-0.3, -0.25) is 0 Å². The standard InChI is InChI=1S/C3H10SSi/c1-3(2)5-4/h3-4H,5H2,1-2H3. The molecule has 0 atom stereocenters. The summed E-state index contributed by atoms with van der Waals surface area (Å²) in [5, 5.41) is 0. The van der Waals surface area contributed by atoms with Gasteiger partial charge in [0.15, 0.2) is 0 Å². The van der Waals surface area contributed by atoms with E-state index >= 15 is 0 Å². The molecule has 0 saturated heterocycles. The van der Waals surface area contributed by atoms with Crippen molar-refractivity contribution in [3.63, 3.8) is 0 Å². The Morgan fingerprint density at radius 1 is 1.60 bits per heavy atom. The molecule has 0 rings (SSSR count). The van der Waals surface area contributed by atoms with Crippen molar-refractivity contribution in [2.75, 3.05) is 0 Å². The molecule has 0 spiro atoms. The molecule has 2 heteroatoms. The van der Waals surface area contributed by atoms with Gasteiger partial charge in [-0.25, -0.2) is 12.1 Å². The molecule has 0 radical (unpaired) electrons. The highest BCUT2D eigenvalue weighted by Gasteiger charge is 1.82. The molecule has 0 N–H and O–H groups in total. The average Bonchev–Trinajstić information content (AvgIpc) is 1.38. The van der Waals surface area contributed by atoms with Crippen LogP contribution in [0.3, 0.4) is 0 Å². The van der Waals surface area contributed by atoms with Crippen LogP contribution >= 0.6 is 12.1 Å². The van der Waals surface area contributed by atoms with Crippen LogP contribution in [0.5, 0.6) is 0 Å². The third-order valence-corrected chi connectivity index (χ3v) is 3.29. The van der Waals surface area contributed by atoms with E-state index in [2.05, 4.69) is 25.9 Å². The van der Waals surface area contributed by atoms with Gasteiger partial charge in [0.1, 0.15) is 0 Å². The molecule has 0 aliphatic heterocycles. The normalized spacial score (nSPS) is 12.0. The fraction of sp³-hybridized carbons (Fsp3) is 1.00. The molecule has 0 aromatic heterocycles. The first kappa shape index (κ1) is 5.57. The highest BCUT2D eigenvalue weighted by molar-refractivity contribution is 8.06. The van der Waals surface area contributed by atoms with E-state index in [1.807, 2.05) is 0 Å². The van der Waals surface area contributed by atoms with Gasteiger partial charge in [0.2, 0.25) is 0 Å². The first-order valence-corrected chi connectivity index (χ1v) is 5.23. The summed E-state index contributed by atoms with van der Waals surface area (Å²) in [5.41, 5.74) is 0.887. The van der Waals surface area contributed by atoms with Gasteiger partial charge in [0.25, 0.3) is 0 Å². The SMILES string of the molecule is CC(C)[SiH2]S. The lowest BCUT2D eigenvalue weighted by Gasteiger charge is -1.88.